The highest BCUT2D eigenvalue weighted by molar-refractivity contribution is 6.00. The van der Waals surface area contributed by atoms with Gasteiger partial charge in [0.15, 0.2) is 5.96 Å². The van der Waals surface area contributed by atoms with Crippen molar-refractivity contribution in [1.82, 2.24) is 14.9 Å². The standard InChI is InChI=1S/C19H19F2N5O3/c1-10-5-13-17(27)26(2)18(22)25-19(13,8-28-10)12-6-11(3-4-14(12)20)29-16-15(21)7-23-9-24-16/h3-4,6-7,9-10,13H,5,8H2,1-2H3,(H2,22,25)/t10-,13?,19+/m0/s1. The lowest BCUT2D eigenvalue weighted by atomic mass is 9.72. The summed E-state index contributed by atoms with van der Waals surface area (Å²) in [6, 6.07) is 3.88. The molecule has 1 amide bonds. The molecule has 3 heterocycles. The number of aromatic nitrogens is 2. The van der Waals surface area contributed by atoms with Gasteiger partial charge in [0.2, 0.25) is 11.7 Å². The van der Waals surface area contributed by atoms with Crippen LogP contribution in [0.2, 0.25) is 0 Å². The molecule has 4 rings (SSSR count). The Morgan fingerprint density at radius 2 is 2.14 bits per heavy atom. The quantitative estimate of drug-likeness (QED) is 0.840. The monoisotopic (exact) mass is 403 g/mol. The summed E-state index contributed by atoms with van der Waals surface area (Å²) >= 11 is 0. The number of carbonyl (C=O) groups excluding carboxylic acids is 1. The van der Waals surface area contributed by atoms with E-state index < -0.39 is 23.1 Å². The lowest BCUT2D eigenvalue weighted by Crippen LogP contribution is -2.59. The molecule has 2 N–H and O–H groups in total. The van der Waals surface area contributed by atoms with Gasteiger partial charge in [-0.25, -0.2) is 14.4 Å². The van der Waals surface area contributed by atoms with E-state index in [0.717, 1.165) is 12.5 Å². The minimum Gasteiger partial charge on any atom is -0.436 e. The van der Waals surface area contributed by atoms with Crippen molar-refractivity contribution in [2.24, 2.45) is 16.6 Å². The number of aliphatic imine (C=N–C) groups is 1. The number of hydrogen-bond acceptors (Lipinski definition) is 7. The highest BCUT2D eigenvalue weighted by Crippen LogP contribution is 2.46. The van der Waals surface area contributed by atoms with Crippen LogP contribution in [-0.4, -0.2) is 46.5 Å². The van der Waals surface area contributed by atoms with Crippen molar-refractivity contribution < 1.29 is 23.0 Å². The van der Waals surface area contributed by atoms with Crippen molar-refractivity contribution in [3.63, 3.8) is 0 Å². The number of nitrogens with zero attached hydrogens (tertiary/aromatic N) is 4. The van der Waals surface area contributed by atoms with Gasteiger partial charge in [-0.2, -0.15) is 9.37 Å². The summed E-state index contributed by atoms with van der Waals surface area (Å²) < 4.78 is 40.0. The number of rotatable bonds is 3. The Morgan fingerprint density at radius 3 is 2.90 bits per heavy atom. The zero-order valence-electron chi connectivity index (χ0n) is 15.8. The first-order valence-electron chi connectivity index (χ1n) is 8.99. The van der Waals surface area contributed by atoms with Gasteiger partial charge in [0.05, 0.1) is 24.8 Å². The number of hydrogen-bond donors (Lipinski definition) is 1. The first-order valence-corrected chi connectivity index (χ1v) is 8.99. The number of carbonyl (C=O) groups is 1. The van der Waals surface area contributed by atoms with Crippen LogP contribution in [0.25, 0.3) is 0 Å². The van der Waals surface area contributed by atoms with E-state index >= 15 is 0 Å². The molecular weight excluding hydrogens is 384 g/mol. The predicted molar refractivity (Wildman–Crippen MR) is 98.1 cm³/mol. The maximum Gasteiger partial charge on any atom is 0.259 e. The first-order chi connectivity index (χ1) is 13.8. The smallest absolute Gasteiger partial charge is 0.259 e. The summed E-state index contributed by atoms with van der Waals surface area (Å²) in [4.78, 5) is 25.9. The number of amides is 1. The van der Waals surface area contributed by atoms with E-state index in [0.29, 0.717) is 6.42 Å². The van der Waals surface area contributed by atoms with E-state index in [-0.39, 0.29) is 41.8 Å². The van der Waals surface area contributed by atoms with Gasteiger partial charge in [0, 0.05) is 12.6 Å². The van der Waals surface area contributed by atoms with Gasteiger partial charge in [-0.15, -0.1) is 0 Å². The van der Waals surface area contributed by atoms with E-state index in [1.807, 2.05) is 6.92 Å². The van der Waals surface area contributed by atoms with Crippen LogP contribution in [0.4, 0.5) is 8.78 Å². The van der Waals surface area contributed by atoms with E-state index in [4.69, 9.17) is 15.2 Å². The van der Waals surface area contributed by atoms with Crippen LogP contribution in [0.15, 0.2) is 35.7 Å². The fourth-order valence-corrected chi connectivity index (χ4v) is 3.72. The van der Waals surface area contributed by atoms with Crippen LogP contribution < -0.4 is 10.5 Å². The third-order valence-corrected chi connectivity index (χ3v) is 5.27. The number of guanidine groups is 1. The van der Waals surface area contributed by atoms with Crippen LogP contribution in [0, 0.1) is 17.6 Å². The Balaban J connectivity index is 1.81. The Bertz CT molecular complexity index is 1000. The lowest BCUT2D eigenvalue weighted by Gasteiger charge is -2.46. The number of halogens is 2. The minimum absolute atomic E-state index is 0.0264. The second-order valence-electron chi connectivity index (χ2n) is 7.12. The molecule has 2 aliphatic rings. The predicted octanol–water partition coefficient (Wildman–Crippen LogP) is 1.95. The molecule has 1 unspecified atom stereocenters. The van der Waals surface area contributed by atoms with Gasteiger partial charge in [0.1, 0.15) is 23.4 Å². The van der Waals surface area contributed by atoms with Crippen molar-refractivity contribution in [2.75, 3.05) is 13.7 Å². The summed E-state index contributed by atoms with van der Waals surface area (Å²) in [6.07, 6.45) is 2.25. The maximum atomic E-state index is 14.9. The Morgan fingerprint density at radius 1 is 1.34 bits per heavy atom. The van der Waals surface area contributed by atoms with Crippen LogP contribution in [-0.2, 0) is 15.1 Å². The maximum absolute atomic E-state index is 14.9. The van der Waals surface area contributed by atoms with Crippen molar-refractivity contribution in [3.05, 3.63) is 47.9 Å². The van der Waals surface area contributed by atoms with E-state index in [9.17, 15) is 13.6 Å². The van der Waals surface area contributed by atoms with Crippen molar-refractivity contribution >= 4 is 11.9 Å². The van der Waals surface area contributed by atoms with Crippen LogP contribution in [0.5, 0.6) is 11.6 Å². The summed E-state index contributed by atoms with van der Waals surface area (Å²) in [5.41, 5.74) is 4.69. The van der Waals surface area contributed by atoms with Gasteiger partial charge in [-0.05, 0) is 31.5 Å². The second kappa shape index (κ2) is 7.03. The second-order valence-corrected chi connectivity index (χ2v) is 7.12. The molecular formula is C19H19F2N5O3. The molecule has 10 heteroatoms. The van der Waals surface area contributed by atoms with Crippen molar-refractivity contribution in [2.45, 2.75) is 25.0 Å². The largest absolute Gasteiger partial charge is 0.436 e. The lowest BCUT2D eigenvalue weighted by molar-refractivity contribution is -0.144. The number of nitrogens with two attached hydrogens (primary N) is 1. The minimum atomic E-state index is -1.34. The van der Waals surface area contributed by atoms with Crippen LogP contribution in [0.1, 0.15) is 18.9 Å². The van der Waals surface area contributed by atoms with Crippen molar-refractivity contribution in [1.29, 1.82) is 0 Å². The summed E-state index contributed by atoms with van der Waals surface area (Å²) in [7, 11) is 1.53. The van der Waals surface area contributed by atoms with Crippen molar-refractivity contribution in [3.8, 4) is 11.6 Å². The van der Waals surface area contributed by atoms with Gasteiger partial charge >= 0.3 is 0 Å². The molecule has 3 atom stereocenters. The zero-order chi connectivity index (χ0) is 20.8. The Hall–Kier alpha value is -3.14. The molecule has 29 heavy (non-hydrogen) atoms. The molecule has 0 radical (unpaired) electrons. The molecule has 1 fully saturated rings. The van der Waals surface area contributed by atoms with Gasteiger partial charge in [-0.3, -0.25) is 9.69 Å². The Labute approximate surface area is 165 Å². The molecule has 2 aliphatic heterocycles. The highest BCUT2D eigenvalue weighted by Gasteiger charge is 2.54. The molecule has 1 aromatic carbocycles. The summed E-state index contributed by atoms with van der Waals surface area (Å²) in [6.45, 7) is 1.81. The average molecular weight is 403 g/mol. The summed E-state index contributed by atoms with van der Waals surface area (Å²) in [5, 5.41) is 0. The van der Waals surface area contributed by atoms with E-state index in [1.165, 1.54) is 30.1 Å². The first kappa shape index (κ1) is 19.2. The van der Waals surface area contributed by atoms with Gasteiger partial charge < -0.3 is 15.2 Å². The highest BCUT2D eigenvalue weighted by atomic mass is 19.1. The number of benzene rings is 1. The molecule has 8 nitrogen and oxygen atoms in total. The topological polar surface area (TPSA) is 103 Å². The molecule has 0 bridgehead atoms. The average Bonchev–Trinajstić information content (AvgIpc) is 2.70. The molecule has 0 aliphatic carbocycles. The van der Waals surface area contributed by atoms with Gasteiger partial charge in [0.25, 0.3) is 5.88 Å². The fourth-order valence-electron chi connectivity index (χ4n) is 3.72. The molecule has 0 spiro atoms. The molecule has 1 aromatic heterocycles. The molecule has 0 saturated carbocycles. The number of fused-ring (bicyclic) bond motifs is 1. The zero-order valence-corrected chi connectivity index (χ0v) is 15.8. The number of ether oxygens (including phenoxy) is 2. The molecule has 1 saturated heterocycles. The third kappa shape index (κ3) is 3.19. The molecule has 152 valence electrons. The SMILES string of the molecule is C[C@H]1CC2C(=O)N(C)C(N)=N[C@@]2(c2cc(Oc3ncncc3F)ccc2F)CO1. The fraction of sp³-hybridized carbons (Fsp3) is 0.368. The third-order valence-electron chi connectivity index (χ3n) is 5.27. The Kier molecular flexibility index (Phi) is 4.65. The normalized spacial score (nSPS) is 26.7. The van der Waals surface area contributed by atoms with Crippen LogP contribution in [0.3, 0.4) is 0 Å². The van der Waals surface area contributed by atoms with Crippen LogP contribution >= 0.6 is 0 Å². The van der Waals surface area contributed by atoms with E-state index in [1.54, 1.807) is 0 Å². The van der Waals surface area contributed by atoms with Gasteiger partial charge in [-0.1, -0.05) is 0 Å². The summed E-state index contributed by atoms with van der Waals surface area (Å²) in [5.74, 6) is -2.49. The molecule has 2 aromatic rings. The van der Waals surface area contributed by atoms with E-state index in [2.05, 4.69) is 15.0 Å².